The summed E-state index contributed by atoms with van der Waals surface area (Å²) in [5.74, 6) is -2.09. The van der Waals surface area contributed by atoms with Gasteiger partial charge in [0.2, 0.25) is 11.8 Å². The number of carbonyl (C=O) groups excluding carboxylic acids is 2. The average Bonchev–Trinajstić information content (AvgIpc) is 3.14. The Labute approximate surface area is 138 Å². The van der Waals surface area contributed by atoms with Gasteiger partial charge in [0, 0.05) is 26.1 Å². The minimum absolute atomic E-state index is 0.134. The minimum Gasteiger partial charge on any atom is -0.481 e. The Morgan fingerprint density at radius 3 is 2.57 bits per heavy atom. The summed E-state index contributed by atoms with van der Waals surface area (Å²) in [6, 6.07) is 7.04. The molecule has 0 bridgehead atoms. The van der Waals surface area contributed by atoms with Crippen LogP contribution in [-0.2, 0) is 14.4 Å². The molecule has 0 radical (unpaired) electrons. The summed E-state index contributed by atoms with van der Waals surface area (Å²) >= 11 is 6.12. The van der Waals surface area contributed by atoms with Crippen LogP contribution in [0.5, 0.6) is 0 Å². The molecule has 0 spiro atoms. The Hall–Kier alpha value is -2.08. The number of carbonyl (C=O) groups is 3. The van der Waals surface area contributed by atoms with Crippen LogP contribution in [0.4, 0.5) is 5.69 Å². The fourth-order valence-electron chi connectivity index (χ4n) is 3.20. The molecule has 2 heterocycles. The molecule has 0 unspecified atom stereocenters. The third-order valence-corrected chi connectivity index (χ3v) is 4.79. The Bertz CT molecular complexity index is 663. The number of carboxylic acid groups (broad SMARTS) is 1. The van der Waals surface area contributed by atoms with Crippen LogP contribution in [0.2, 0.25) is 5.02 Å². The molecule has 0 saturated carbocycles. The van der Waals surface area contributed by atoms with Gasteiger partial charge in [-0.3, -0.25) is 14.4 Å². The van der Waals surface area contributed by atoms with Crippen molar-refractivity contribution >= 4 is 35.1 Å². The van der Waals surface area contributed by atoms with Crippen molar-refractivity contribution in [3.63, 3.8) is 0 Å². The van der Waals surface area contributed by atoms with Gasteiger partial charge in [0.25, 0.3) is 0 Å². The summed E-state index contributed by atoms with van der Waals surface area (Å²) < 4.78 is 0. The monoisotopic (exact) mass is 336 g/mol. The van der Waals surface area contributed by atoms with E-state index >= 15 is 0 Å². The Balaban J connectivity index is 1.69. The molecular weight excluding hydrogens is 320 g/mol. The Morgan fingerprint density at radius 2 is 1.91 bits per heavy atom. The van der Waals surface area contributed by atoms with Crippen molar-refractivity contribution in [2.45, 2.75) is 12.8 Å². The van der Waals surface area contributed by atoms with Crippen molar-refractivity contribution < 1.29 is 19.5 Å². The van der Waals surface area contributed by atoms with E-state index in [0.717, 1.165) is 0 Å². The second-order valence-corrected chi connectivity index (χ2v) is 6.37. The minimum atomic E-state index is -0.875. The maximum atomic E-state index is 12.5. The highest BCUT2D eigenvalue weighted by Crippen LogP contribution is 2.32. The lowest BCUT2D eigenvalue weighted by Gasteiger charge is -2.21. The molecule has 7 heteroatoms. The predicted octanol–water partition coefficient (Wildman–Crippen LogP) is 1.63. The number of carboxylic acids is 1. The number of rotatable bonds is 3. The standard InChI is InChI=1S/C16H17ClN2O4/c17-12-3-1-2-4-13(12)19-9-11(7-14(19)20)15(21)18-6-5-10(8-18)16(22)23/h1-4,10-11H,5-9H2,(H,22,23)/t10-,11-/m1/s1. The van der Waals surface area contributed by atoms with Gasteiger partial charge in [0.1, 0.15) is 0 Å². The topological polar surface area (TPSA) is 77.9 Å². The van der Waals surface area contributed by atoms with Crippen molar-refractivity contribution in [1.82, 2.24) is 4.90 Å². The summed E-state index contributed by atoms with van der Waals surface area (Å²) in [4.78, 5) is 38.9. The van der Waals surface area contributed by atoms with Crippen LogP contribution in [0.25, 0.3) is 0 Å². The van der Waals surface area contributed by atoms with E-state index in [2.05, 4.69) is 0 Å². The van der Waals surface area contributed by atoms with Gasteiger partial charge < -0.3 is 14.9 Å². The molecule has 1 aromatic carbocycles. The van der Waals surface area contributed by atoms with E-state index in [-0.39, 0.29) is 31.3 Å². The summed E-state index contributed by atoms with van der Waals surface area (Å²) in [5, 5.41) is 9.50. The van der Waals surface area contributed by atoms with Crippen molar-refractivity contribution in [2.75, 3.05) is 24.5 Å². The molecule has 2 aliphatic heterocycles. The molecule has 2 atom stereocenters. The van der Waals surface area contributed by atoms with Crippen molar-refractivity contribution in [2.24, 2.45) is 11.8 Å². The number of halogens is 1. The number of aliphatic carboxylic acids is 1. The van der Waals surface area contributed by atoms with Crippen LogP contribution >= 0.6 is 11.6 Å². The first kappa shape index (κ1) is 15.8. The van der Waals surface area contributed by atoms with E-state index < -0.39 is 17.8 Å². The van der Waals surface area contributed by atoms with Gasteiger partial charge in [-0.15, -0.1) is 0 Å². The van der Waals surface area contributed by atoms with Gasteiger partial charge in [0.05, 0.1) is 22.5 Å². The normalized spacial score (nSPS) is 24.3. The van der Waals surface area contributed by atoms with Crippen molar-refractivity contribution in [1.29, 1.82) is 0 Å². The maximum Gasteiger partial charge on any atom is 0.308 e. The van der Waals surface area contributed by atoms with Gasteiger partial charge in [-0.1, -0.05) is 23.7 Å². The summed E-state index contributed by atoms with van der Waals surface area (Å²) in [7, 11) is 0. The van der Waals surface area contributed by atoms with Crippen LogP contribution in [0.1, 0.15) is 12.8 Å². The molecule has 3 rings (SSSR count). The zero-order chi connectivity index (χ0) is 16.6. The molecule has 2 saturated heterocycles. The molecule has 2 aliphatic rings. The Kier molecular flexibility index (Phi) is 4.26. The lowest BCUT2D eigenvalue weighted by molar-refractivity contribution is -0.141. The van der Waals surface area contributed by atoms with Crippen LogP contribution in [0, 0.1) is 11.8 Å². The second kappa shape index (κ2) is 6.20. The van der Waals surface area contributed by atoms with Gasteiger partial charge in [0.15, 0.2) is 0 Å². The third kappa shape index (κ3) is 3.03. The number of para-hydroxylation sites is 1. The first-order valence-corrected chi connectivity index (χ1v) is 7.91. The zero-order valence-electron chi connectivity index (χ0n) is 12.4. The molecule has 1 N–H and O–H groups in total. The van der Waals surface area contributed by atoms with Crippen LogP contribution in [0.3, 0.4) is 0 Å². The molecular formula is C16H17ClN2O4. The zero-order valence-corrected chi connectivity index (χ0v) is 13.2. The van der Waals surface area contributed by atoms with Crippen LogP contribution < -0.4 is 4.90 Å². The first-order chi connectivity index (χ1) is 11.0. The molecule has 2 amide bonds. The molecule has 23 heavy (non-hydrogen) atoms. The number of hydrogen-bond donors (Lipinski definition) is 1. The molecule has 0 aromatic heterocycles. The van der Waals surface area contributed by atoms with E-state index in [1.807, 2.05) is 0 Å². The number of anilines is 1. The fourth-order valence-corrected chi connectivity index (χ4v) is 3.43. The maximum absolute atomic E-state index is 12.5. The third-order valence-electron chi connectivity index (χ3n) is 4.47. The molecule has 2 fully saturated rings. The number of nitrogens with zero attached hydrogens (tertiary/aromatic N) is 2. The van der Waals surface area contributed by atoms with E-state index in [1.54, 1.807) is 29.2 Å². The summed E-state index contributed by atoms with van der Waals surface area (Å²) in [6.07, 6.45) is 0.605. The lowest BCUT2D eigenvalue weighted by atomic mass is 10.1. The molecule has 6 nitrogen and oxygen atoms in total. The quantitative estimate of drug-likeness (QED) is 0.910. The van der Waals surface area contributed by atoms with Gasteiger partial charge >= 0.3 is 5.97 Å². The summed E-state index contributed by atoms with van der Waals surface area (Å²) in [5.41, 5.74) is 0.610. The first-order valence-electron chi connectivity index (χ1n) is 7.54. The van der Waals surface area contributed by atoms with Gasteiger partial charge in [-0.25, -0.2) is 0 Å². The van der Waals surface area contributed by atoms with E-state index in [0.29, 0.717) is 23.7 Å². The largest absolute Gasteiger partial charge is 0.481 e. The van der Waals surface area contributed by atoms with Gasteiger partial charge in [-0.05, 0) is 18.6 Å². The van der Waals surface area contributed by atoms with Crippen molar-refractivity contribution in [3.05, 3.63) is 29.3 Å². The lowest BCUT2D eigenvalue weighted by Crippen LogP contribution is -2.36. The van der Waals surface area contributed by atoms with E-state index in [1.165, 1.54) is 4.90 Å². The Morgan fingerprint density at radius 1 is 1.17 bits per heavy atom. The van der Waals surface area contributed by atoms with E-state index in [9.17, 15) is 14.4 Å². The van der Waals surface area contributed by atoms with Gasteiger partial charge in [-0.2, -0.15) is 0 Å². The van der Waals surface area contributed by atoms with Crippen molar-refractivity contribution in [3.8, 4) is 0 Å². The average molecular weight is 337 g/mol. The fraction of sp³-hybridized carbons (Fsp3) is 0.438. The highest BCUT2D eigenvalue weighted by atomic mass is 35.5. The number of amides is 2. The van der Waals surface area contributed by atoms with Crippen LogP contribution in [-0.4, -0.2) is 47.4 Å². The molecule has 0 aliphatic carbocycles. The molecule has 1 aromatic rings. The highest BCUT2D eigenvalue weighted by Gasteiger charge is 2.40. The summed E-state index contributed by atoms with van der Waals surface area (Å²) in [6.45, 7) is 0.952. The predicted molar refractivity (Wildman–Crippen MR) is 84.2 cm³/mol. The van der Waals surface area contributed by atoms with E-state index in [4.69, 9.17) is 16.7 Å². The second-order valence-electron chi connectivity index (χ2n) is 5.96. The molecule has 122 valence electrons. The number of likely N-dealkylation sites (tertiary alicyclic amines) is 1. The highest BCUT2D eigenvalue weighted by molar-refractivity contribution is 6.33. The SMILES string of the molecule is O=C(O)[C@@H]1CCN(C(=O)[C@@H]2CC(=O)N(c3ccccc3Cl)C2)C1. The number of hydrogen-bond acceptors (Lipinski definition) is 3. The van der Waals surface area contributed by atoms with Crippen LogP contribution in [0.15, 0.2) is 24.3 Å². The number of benzene rings is 1. The smallest absolute Gasteiger partial charge is 0.308 e.